The fourth-order valence-corrected chi connectivity index (χ4v) is 4.02. The maximum absolute atomic E-state index is 5.55. The Morgan fingerprint density at radius 1 is 1.38 bits per heavy atom. The molecule has 1 aromatic rings. The summed E-state index contributed by atoms with van der Waals surface area (Å²) in [5.41, 5.74) is 1.59. The molecule has 4 heteroatoms. The number of thiophene rings is 1. The van der Waals surface area contributed by atoms with Crippen molar-refractivity contribution >= 4 is 11.3 Å². The minimum atomic E-state index is 0.145. The average molecular weight is 311 g/mol. The minimum Gasteiger partial charge on any atom is -0.379 e. The summed E-state index contributed by atoms with van der Waals surface area (Å²) in [6.45, 7) is 14.0. The highest BCUT2D eigenvalue weighted by molar-refractivity contribution is 7.10. The van der Waals surface area contributed by atoms with Gasteiger partial charge in [0.05, 0.1) is 19.3 Å². The number of nitrogens with zero attached hydrogens (tertiary/aromatic N) is 1. The van der Waals surface area contributed by atoms with E-state index < -0.39 is 0 Å². The van der Waals surface area contributed by atoms with Crippen LogP contribution in [0.3, 0.4) is 0 Å². The summed E-state index contributed by atoms with van der Waals surface area (Å²) >= 11 is 1.86. The lowest BCUT2D eigenvalue weighted by Gasteiger charge is -2.48. The third kappa shape index (κ3) is 3.86. The molecule has 0 aliphatic carbocycles. The van der Waals surface area contributed by atoms with Crippen molar-refractivity contribution in [3.63, 3.8) is 0 Å². The molecule has 1 aliphatic heterocycles. The van der Waals surface area contributed by atoms with Gasteiger partial charge < -0.3 is 10.1 Å². The van der Waals surface area contributed by atoms with Gasteiger partial charge in [0.2, 0.25) is 0 Å². The smallest absolute Gasteiger partial charge is 0.0594 e. The number of aryl methyl sites for hydroxylation is 1. The molecule has 0 saturated carbocycles. The van der Waals surface area contributed by atoms with E-state index in [2.05, 4.69) is 49.4 Å². The fraction of sp³-hybridized carbons (Fsp3) is 0.765. The maximum atomic E-state index is 5.55. The van der Waals surface area contributed by atoms with Crippen molar-refractivity contribution in [2.45, 2.75) is 52.1 Å². The molecule has 2 atom stereocenters. The molecule has 1 saturated heterocycles. The van der Waals surface area contributed by atoms with Gasteiger partial charge in [-0.2, -0.15) is 0 Å². The third-order valence-corrected chi connectivity index (χ3v) is 5.63. The summed E-state index contributed by atoms with van der Waals surface area (Å²) < 4.78 is 5.55. The van der Waals surface area contributed by atoms with Crippen LogP contribution in [-0.4, -0.2) is 43.3 Å². The van der Waals surface area contributed by atoms with Crippen molar-refractivity contribution in [1.82, 2.24) is 10.2 Å². The van der Waals surface area contributed by atoms with Crippen molar-refractivity contribution in [2.75, 3.05) is 32.8 Å². The molecular formula is C17H30N2OS. The molecule has 21 heavy (non-hydrogen) atoms. The van der Waals surface area contributed by atoms with E-state index in [1.807, 2.05) is 11.3 Å². The van der Waals surface area contributed by atoms with Crippen LogP contribution in [-0.2, 0) is 4.74 Å². The first-order valence-corrected chi connectivity index (χ1v) is 9.11. The van der Waals surface area contributed by atoms with Gasteiger partial charge in [-0.25, -0.2) is 0 Å². The van der Waals surface area contributed by atoms with Gasteiger partial charge in [0.1, 0.15) is 0 Å². The summed E-state index contributed by atoms with van der Waals surface area (Å²) in [7, 11) is 0. The number of hydrogen-bond donors (Lipinski definition) is 1. The summed E-state index contributed by atoms with van der Waals surface area (Å²) in [6.07, 6.45) is 2.31. The van der Waals surface area contributed by atoms with Gasteiger partial charge in [-0.05, 0) is 50.2 Å². The van der Waals surface area contributed by atoms with Gasteiger partial charge in [0.25, 0.3) is 0 Å². The number of hydrogen-bond acceptors (Lipinski definition) is 4. The van der Waals surface area contributed by atoms with Crippen molar-refractivity contribution in [2.24, 2.45) is 0 Å². The first-order valence-electron chi connectivity index (χ1n) is 8.23. The lowest BCUT2D eigenvalue weighted by atomic mass is 9.83. The van der Waals surface area contributed by atoms with Gasteiger partial charge in [0, 0.05) is 23.5 Å². The van der Waals surface area contributed by atoms with Crippen molar-refractivity contribution in [3.05, 3.63) is 21.9 Å². The maximum Gasteiger partial charge on any atom is 0.0594 e. The summed E-state index contributed by atoms with van der Waals surface area (Å²) in [5, 5.41) is 6.14. The molecule has 120 valence electrons. The highest BCUT2D eigenvalue weighted by Gasteiger charge is 2.39. The van der Waals surface area contributed by atoms with E-state index in [1.54, 1.807) is 0 Å². The molecule has 0 bridgehead atoms. The van der Waals surface area contributed by atoms with E-state index in [-0.39, 0.29) is 5.54 Å². The molecule has 0 amide bonds. The number of rotatable bonds is 7. The van der Waals surface area contributed by atoms with Gasteiger partial charge in [0.15, 0.2) is 0 Å². The predicted octanol–water partition coefficient (Wildman–Crippen LogP) is 3.60. The lowest BCUT2D eigenvalue weighted by Crippen LogP contribution is -2.57. The SMILES string of the molecule is CCCNC(c1csc(C)c1)C(C)(CC)N1CCOCC1. The Kier molecular flexibility index (Phi) is 6.23. The third-order valence-electron chi connectivity index (χ3n) is 4.75. The Hall–Kier alpha value is -0.420. The predicted molar refractivity (Wildman–Crippen MR) is 91.2 cm³/mol. The van der Waals surface area contributed by atoms with Crippen LogP contribution >= 0.6 is 11.3 Å². The summed E-state index contributed by atoms with van der Waals surface area (Å²) in [5.74, 6) is 0. The molecule has 1 fully saturated rings. The van der Waals surface area contributed by atoms with Crippen LogP contribution in [0.15, 0.2) is 11.4 Å². The van der Waals surface area contributed by atoms with E-state index in [0.717, 1.165) is 39.3 Å². The Bertz CT molecular complexity index is 428. The van der Waals surface area contributed by atoms with Crippen LogP contribution in [0.1, 0.15) is 50.1 Å². The molecular weight excluding hydrogens is 280 g/mol. The molecule has 1 aromatic heterocycles. The second-order valence-corrected chi connectivity index (χ2v) is 7.30. The zero-order chi connectivity index (χ0) is 15.3. The summed E-state index contributed by atoms with van der Waals surface area (Å²) in [6, 6.07) is 2.75. The number of nitrogens with one attached hydrogen (secondary N) is 1. The molecule has 2 heterocycles. The van der Waals surface area contributed by atoms with Crippen molar-refractivity contribution in [3.8, 4) is 0 Å². The van der Waals surface area contributed by atoms with Gasteiger partial charge in [-0.15, -0.1) is 11.3 Å². The highest BCUT2D eigenvalue weighted by Crippen LogP contribution is 2.36. The Labute approximate surface area is 133 Å². The second kappa shape index (κ2) is 7.73. The monoisotopic (exact) mass is 310 g/mol. The molecule has 1 N–H and O–H groups in total. The average Bonchev–Trinajstić information content (AvgIpc) is 2.94. The van der Waals surface area contributed by atoms with Crippen LogP contribution in [0.2, 0.25) is 0 Å². The molecule has 0 radical (unpaired) electrons. The Morgan fingerprint density at radius 3 is 2.62 bits per heavy atom. The fourth-order valence-electron chi connectivity index (χ4n) is 3.29. The summed E-state index contributed by atoms with van der Waals surface area (Å²) in [4.78, 5) is 4.02. The molecule has 1 aliphatic rings. The standard InChI is InChI=1S/C17H30N2OS/c1-5-7-18-16(15-12-14(3)21-13-15)17(4,6-2)19-8-10-20-11-9-19/h12-13,16,18H,5-11H2,1-4H3. The topological polar surface area (TPSA) is 24.5 Å². The molecule has 2 rings (SSSR count). The van der Waals surface area contributed by atoms with Crippen LogP contribution in [0, 0.1) is 6.92 Å². The van der Waals surface area contributed by atoms with E-state index in [1.165, 1.54) is 16.9 Å². The number of ether oxygens (including phenoxy) is 1. The normalized spacial score (nSPS) is 21.1. The molecule has 0 spiro atoms. The Morgan fingerprint density at radius 2 is 2.10 bits per heavy atom. The lowest BCUT2D eigenvalue weighted by molar-refractivity contribution is -0.0328. The number of morpholine rings is 1. The first kappa shape index (κ1) is 16.9. The van der Waals surface area contributed by atoms with Crippen LogP contribution in [0.4, 0.5) is 0 Å². The Balaban J connectivity index is 2.26. The van der Waals surface area contributed by atoms with Crippen molar-refractivity contribution in [1.29, 1.82) is 0 Å². The second-order valence-electron chi connectivity index (χ2n) is 6.19. The quantitative estimate of drug-likeness (QED) is 0.833. The van der Waals surface area contributed by atoms with Gasteiger partial charge in [-0.1, -0.05) is 13.8 Å². The highest BCUT2D eigenvalue weighted by atomic mass is 32.1. The van der Waals surface area contributed by atoms with Gasteiger partial charge >= 0.3 is 0 Å². The van der Waals surface area contributed by atoms with Crippen LogP contribution in [0.5, 0.6) is 0 Å². The van der Waals surface area contributed by atoms with E-state index in [0.29, 0.717) is 6.04 Å². The minimum absolute atomic E-state index is 0.145. The molecule has 0 aromatic carbocycles. The van der Waals surface area contributed by atoms with Crippen LogP contribution < -0.4 is 5.32 Å². The van der Waals surface area contributed by atoms with Gasteiger partial charge in [-0.3, -0.25) is 4.90 Å². The molecule has 2 unspecified atom stereocenters. The van der Waals surface area contributed by atoms with E-state index in [9.17, 15) is 0 Å². The zero-order valence-electron chi connectivity index (χ0n) is 13.9. The van der Waals surface area contributed by atoms with Crippen molar-refractivity contribution < 1.29 is 4.74 Å². The zero-order valence-corrected chi connectivity index (χ0v) is 14.8. The van der Waals surface area contributed by atoms with E-state index >= 15 is 0 Å². The molecule has 3 nitrogen and oxygen atoms in total. The van der Waals surface area contributed by atoms with Crippen LogP contribution in [0.25, 0.3) is 0 Å². The first-order chi connectivity index (χ1) is 10.1. The largest absolute Gasteiger partial charge is 0.379 e. The van der Waals surface area contributed by atoms with E-state index in [4.69, 9.17) is 4.74 Å².